The first-order valence-corrected chi connectivity index (χ1v) is 12.3. The predicted molar refractivity (Wildman–Crippen MR) is 132 cm³/mol. The van der Waals surface area contributed by atoms with Crippen molar-refractivity contribution in [2.24, 2.45) is 0 Å². The molecule has 0 unspecified atom stereocenters. The number of nitrogens with one attached hydrogen (secondary N) is 1. The largest absolute Gasteiger partial charge is 0.322 e. The van der Waals surface area contributed by atoms with Crippen LogP contribution >= 0.6 is 0 Å². The van der Waals surface area contributed by atoms with Gasteiger partial charge in [0.25, 0.3) is 5.56 Å². The quantitative estimate of drug-likeness (QED) is 0.495. The molecule has 1 saturated carbocycles. The number of aryl methyl sites for hydroxylation is 2. The summed E-state index contributed by atoms with van der Waals surface area (Å²) in [5.74, 6) is 0.779. The molecule has 1 aliphatic carbocycles. The molecule has 2 aliphatic rings. The molecule has 1 N–H and O–H groups in total. The Hall–Kier alpha value is -3.32. The van der Waals surface area contributed by atoms with Gasteiger partial charge in [-0.05, 0) is 77.9 Å². The zero-order chi connectivity index (χ0) is 23.2. The van der Waals surface area contributed by atoms with Crippen LogP contribution in [0.5, 0.6) is 0 Å². The Labute approximate surface area is 198 Å². The summed E-state index contributed by atoms with van der Waals surface area (Å²) >= 11 is 0. The van der Waals surface area contributed by atoms with Crippen molar-refractivity contribution in [3.05, 3.63) is 86.5 Å². The second-order valence-corrected chi connectivity index (χ2v) is 9.91. The molecule has 0 amide bonds. The van der Waals surface area contributed by atoms with Gasteiger partial charge in [-0.15, -0.1) is 5.10 Å². The van der Waals surface area contributed by atoms with Crippen LogP contribution in [0.15, 0.2) is 47.3 Å². The van der Waals surface area contributed by atoms with Crippen LogP contribution in [0.3, 0.4) is 0 Å². The van der Waals surface area contributed by atoms with Gasteiger partial charge in [-0.2, -0.15) is 0 Å². The maximum Gasteiger partial charge on any atom is 0.253 e. The Morgan fingerprint density at radius 1 is 1.06 bits per heavy atom. The molecule has 174 valence electrons. The molecule has 6 rings (SSSR count). The molecule has 34 heavy (non-hydrogen) atoms. The summed E-state index contributed by atoms with van der Waals surface area (Å²) in [5.41, 5.74) is 6.52. The van der Waals surface area contributed by atoms with Crippen LogP contribution in [0.2, 0.25) is 0 Å². The molecule has 7 heteroatoms. The number of aromatic nitrogens is 5. The van der Waals surface area contributed by atoms with E-state index in [-0.39, 0.29) is 11.6 Å². The molecule has 0 spiro atoms. The minimum Gasteiger partial charge on any atom is -0.322 e. The van der Waals surface area contributed by atoms with Crippen LogP contribution in [0.1, 0.15) is 71.4 Å². The molecule has 0 bridgehead atoms. The van der Waals surface area contributed by atoms with Crippen LogP contribution < -0.4 is 5.56 Å². The highest BCUT2D eigenvalue weighted by atomic mass is 16.1. The predicted octanol–water partition coefficient (Wildman–Crippen LogP) is 4.39. The van der Waals surface area contributed by atoms with Gasteiger partial charge in [0.2, 0.25) is 0 Å². The van der Waals surface area contributed by atoms with Gasteiger partial charge in [-0.25, -0.2) is 4.68 Å². The number of pyridine rings is 1. The third kappa shape index (κ3) is 3.64. The van der Waals surface area contributed by atoms with Gasteiger partial charge in [0.15, 0.2) is 5.82 Å². The fourth-order valence-corrected chi connectivity index (χ4v) is 5.92. The van der Waals surface area contributed by atoms with E-state index in [0.717, 1.165) is 60.2 Å². The lowest BCUT2D eigenvalue weighted by Gasteiger charge is -2.35. The highest BCUT2D eigenvalue weighted by Gasteiger charge is 2.34. The number of hydrogen-bond donors (Lipinski definition) is 1. The Balaban J connectivity index is 1.52. The summed E-state index contributed by atoms with van der Waals surface area (Å²) in [6.07, 6.45) is 5.50. The number of H-pyrrole nitrogens is 1. The molecule has 1 atom stereocenters. The van der Waals surface area contributed by atoms with Crippen molar-refractivity contribution in [3.8, 4) is 0 Å². The van der Waals surface area contributed by atoms with Crippen molar-refractivity contribution in [2.75, 3.05) is 6.54 Å². The molecule has 3 heterocycles. The zero-order valence-corrected chi connectivity index (χ0v) is 19.8. The summed E-state index contributed by atoms with van der Waals surface area (Å²) in [6, 6.07) is 14.9. The Bertz CT molecular complexity index is 1410. The van der Waals surface area contributed by atoms with Crippen molar-refractivity contribution in [1.29, 1.82) is 0 Å². The van der Waals surface area contributed by atoms with Gasteiger partial charge < -0.3 is 4.98 Å². The lowest BCUT2D eigenvalue weighted by molar-refractivity contribution is 0.190. The van der Waals surface area contributed by atoms with E-state index >= 15 is 0 Å². The molecule has 2 aromatic heterocycles. The number of hydrogen-bond acceptors (Lipinski definition) is 5. The molecule has 0 saturated heterocycles. The summed E-state index contributed by atoms with van der Waals surface area (Å²) in [7, 11) is 0. The standard InChI is InChI=1S/C27H30N6O/c1-17-13-18(2)22-15-23(27(34)28-24(22)14-17)25(26-29-30-31-33(26)21-9-5-6-10-21)32-12-11-19-7-3-4-8-20(19)16-32/h3-4,7-8,13-15,21,25H,5-6,9-12,16H2,1-2H3,(H,28,34)/t25-/m0/s1. The summed E-state index contributed by atoms with van der Waals surface area (Å²) in [6.45, 7) is 5.78. The van der Waals surface area contributed by atoms with Crippen LogP contribution in [0, 0.1) is 13.8 Å². The van der Waals surface area contributed by atoms with E-state index in [2.05, 4.69) is 75.7 Å². The van der Waals surface area contributed by atoms with Crippen molar-refractivity contribution < 1.29 is 0 Å². The molecule has 7 nitrogen and oxygen atoms in total. The maximum absolute atomic E-state index is 13.6. The van der Waals surface area contributed by atoms with Gasteiger partial charge >= 0.3 is 0 Å². The third-order valence-corrected chi connectivity index (χ3v) is 7.59. The van der Waals surface area contributed by atoms with Crippen molar-refractivity contribution in [3.63, 3.8) is 0 Å². The molecule has 2 aromatic carbocycles. The fourth-order valence-electron chi connectivity index (χ4n) is 5.92. The monoisotopic (exact) mass is 454 g/mol. The van der Waals surface area contributed by atoms with Gasteiger partial charge in [-0.1, -0.05) is 43.2 Å². The zero-order valence-electron chi connectivity index (χ0n) is 19.8. The topological polar surface area (TPSA) is 79.7 Å². The maximum atomic E-state index is 13.6. The molecule has 1 aliphatic heterocycles. The van der Waals surface area contributed by atoms with E-state index < -0.39 is 0 Å². The van der Waals surface area contributed by atoms with Gasteiger partial charge in [0, 0.05) is 29.6 Å². The first-order chi connectivity index (χ1) is 16.6. The lowest BCUT2D eigenvalue weighted by atomic mass is 9.95. The smallest absolute Gasteiger partial charge is 0.253 e. The fraction of sp³-hybridized carbons (Fsp3) is 0.407. The number of rotatable bonds is 4. The highest BCUT2D eigenvalue weighted by molar-refractivity contribution is 5.83. The number of aromatic amines is 1. The summed E-state index contributed by atoms with van der Waals surface area (Å²) in [4.78, 5) is 19.1. The minimum atomic E-state index is -0.308. The number of nitrogens with zero attached hydrogens (tertiary/aromatic N) is 5. The summed E-state index contributed by atoms with van der Waals surface area (Å²) in [5, 5.41) is 14.1. The van der Waals surface area contributed by atoms with Crippen LogP contribution in [0.4, 0.5) is 0 Å². The minimum absolute atomic E-state index is 0.0673. The first kappa shape index (κ1) is 21.2. The average molecular weight is 455 g/mol. The van der Waals surface area contributed by atoms with Crippen molar-refractivity contribution >= 4 is 10.9 Å². The van der Waals surface area contributed by atoms with Crippen LogP contribution in [-0.4, -0.2) is 36.6 Å². The summed E-state index contributed by atoms with van der Waals surface area (Å²) < 4.78 is 2.00. The van der Waals surface area contributed by atoms with Crippen LogP contribution in [-0.2, 0) is 13.0 Å². The highest BCUT2D eigenvalue weighted by Crippen LogP contribution is 2.36. The number of benzene rings is 2. The second-order valence-electron chi connectivity index (χ2n) is 9.91. The molecular weight excluding hydrogens is 424 g/mol. The van der Waals surface area contributed by atoms with Crippen LogP contribution in [0.25, 0.3) is 10.9 Å². The molecular formula is C27H30N6O. The van der Waals surface area contributed by atoms with E-state index in [1.54, 1.807) is 0 Å². The van der Waals surface area contributed by atoms with E-state index in [0.29, 0.717) is 11.6 Å². The normalized spacial score (nSPS) is 17.8. The van der Waals surface area contributed by atoms with Crippen molar-refractivity contribution in [2.45, 2.75) is 64.6 Å². The van der Waals surface area contributed by atoms with E-state index in [4.69, 9.17) is 0 Å². The Kier molecular flexibility index (Phi) is 5.29. The number of tetrazole rings is 1. The molecule has 1 fully saturated rings. The second kappa shape index (κ2) is 8.47. The molecule has 4 aromatic rings. The molecule has 0 radical (unpaired) electrons. The number of fused-ring (bicyclic) bond motifs is 2. The van der Waals surface area contributed by atoms with Gasteiger partial charge in [-0.3, -0.25) is 9.69 Å². The van der Waals surface area contributed by atoms with E-state index in [1.165, 1.54) is 24.0 Å². The van der Waals surface area contributed by atoms with Gasteiger partial charge in [0.1, 0.15) is 6.04 Å². The first-order valence-electron chi connectivity index (χ1n) is 12.3. The lowest BCUT2D eigenvalue weighted by Crippen LogP contribution is -2.39. The Morgan fingerprint density at radius 2 is 1.85 bits per heavy atom. The average Bonchev–Trinajstić information content (AvgIpc) is 3.52. The SMILES string of the molecule is Cc1cc(C)c2cc([C@@H](c3nnnn3C3CCCC3)N3CCc4ccccc4C3)c(=O)[nH]c2c1. The third-order valence-electron chi connectivity index (χ3n) is 7.59. The van der Waals surface area contributed by atoms with Gasteiger partial charge in [0.05, 0.1) is 6.04 Å². The van der Waals surface area contributed by atoms with E-state index in [1.807, 2.05) is 10.7 Å². The van der Waals surface area contributed by atoms with E-state index in [9.17, 15) is 4.79 Å². The Morgan fingerprint density at radius 3 is 2.68 bits per heavy atom. The van der Waals surface area contributed by atoms with Crippen molar-refractivity contribution in [1.82, 2.24) is 30.1 Å².